The first-order chi connectivity index (χ1) is 18.4. The Kier molecular flexibility index (Phi) is 5.42. The van der Waals surface area contributed by atoms with E-state index in [1.807, 2.05) is 0 Å². The molecule has 0 radical (unpaired) electrons. The molecule has 2 aromatic heterocycles. The maximum atomic E-state index is 13.7. The van der Waals surface area contributed by atoms with Gasteiger partial charge in [-0.2, -0.15) is 26.3 Å². The molecule has 0 spiro atoms. The maximum Gasteiger partial charge on any atom is 0.433 e. The topological polar surface area (TPSA) is 106 Å². The summed E-state index contributed by atoms with van der Waals surface area (Å²) < 4.78 is 104. The molecule has 0 aliphatic heterocycles. The Morgan fingerprint density at radius 2 is 1.86 bits per heavy atom. The van der Waals surface area contributed by atoms with Gasteiger partial charge >= 0.3 is 12.4 Å². The molecule has 0 unspecified atom stereocenters. The molecule has 1 atom stereocenters. The van der Waals surface area contributed by atoms with Gasteiger partial charge in [0.1, 0.15) is 28.5 Å². The Bertz CT molecular complexity index is 1620. The van der Waals surface area contributed by atoms with Crippen LogP contribution in [-0.4, -0.2) is 25.4 Å². The standard InChI is InChI=1S/C24H19F6N5O2/c1-11-8-15(34-22(37)20(36)13-4-3-5-14(9-13)23(25,26)27)6-7-16(11)18-19-21(31)32-10-17(24(28,29)30)35(19)12(2)33-18/h3-10,20,36H,1-2H3,(H2,31,32)(H,34,37)/t20-/m1/s1/i2D3. The number of alkyl halides is 6. The molecule has 0 aliphatic rings. The molecular weight excluding hydrogens is 504 g/mol. The van der Waals surface area contributed by atoms with Crippen LogP contribution < -0.4 is 11.1 Å². The molecule has 4 aromatic rings. The Labute approximate surface area is 209 Å². The number of aryl methyl sites for hydroxylation is 2. The van der Waals surface area contributed by atoms with E-state index in [2.05, 4.69) is 15.3 Å². The van der Waals surface area contributed by atoms with Crippen molar-refractivity contribution in [1.29, 1.82) is 0 Å². The Morgan fingerprint density at radius 3 is 2.49 bits per heavy atom. The average Bonchev–Trinajstić information content (AvgIpc) is 3.24. The maximum absolute atomic E-state index is 13.7. The fraction of sp³-hybridized carbons (Fsp3) is 0.208. The summed E-state index contributed by atoms with van der Waals surface area (Å²) in [6, 6.07) is 7.58. The first kappa shape index (κ1) is 22.1. The first-order valence-electron chi connectivity index (χ1n) is 11.9. The number of amides is 1. The van der Waals surface area contributed by atoms with Crippen LogP contribution in [0, 0.1) is 13.8 Å². The monoisotopic (exact) mass is 526 g/mol. The van der Waals surface area contributed by atoms with E-state index >= 15 is 0 Å². The second-order valence-corrected chi connectivity index (χ2v) is 8.04. The first-order valence-corrected chi connectivity index (χ1v) is 10.4. The largest absolute Gasteiger partial charge is 0.433 e. The molecule has 4 N–H and O–H groups in total. The smallest absolute Gasteiger partial charge is 0.382 e. The van der Waals surface area contributed by atoms with Crippen LogP contribution in [0.25, 0.3) is 16.8 Å². The quantitative estimate of drug-likeness (QED) is 0.313. The fourth-order valence-corrected chi connectivity index (χ4v) is 3.78. The van der Waals surface area contributed by atoms with Crippen molar-refractivity contribution in [3.05, 3.63) is 76.9 Å². The number of nitrogens with one attached hydrogen (secondary N) is 1. The van der Waals surface area contributed by atoms with Crippen LogP contribution in [0.1, 0.15) is 38.4 Å². The van der Waals surface area contributed by atoms with E-state index in [1.165, 1.54) is 25.1 Å². The summed E-state index contributed by atoms with van der Waals surface area (Å²) in [5.41, 5.74) is 3.06. The van der Waals surface area contributed by atoms with Gasteiger partial charge in [-0.15, -0.1) is 0 Å². The SMILES string of the molecule is [2H]C([2H])([2H])c1nc(-c2ccc(NC(=O)[C@H](O)c3cccc(C(F)(F)F)c3)cc2C)c2c(N)ncc(C(F)(F)F)n12. The molecule has 2 heterocycles. The predicted molar refractivity (Wildman–Crippen MR) is 122 cm³/mol. The van der Waals surface area contributed by atoms with E-state index in [0.29, 0.717) is 22.2 Å². The van der Waals surface area contributed by atoms with Crippen LogP contribution in [0.5, 0.6) is 0 Å². The lowest BCUT2D eigenvalue weighted by Gasteiger charge is -2.15. The summed E-state index contributed by atoms with van der Waals surface area (Å²) in [7, 11) is 0. The van der Waals surface area contributed by atoms with Gasteiger partial charge in [0, 0.05) is 15.4 Å². The summed E-state index contributed by atoms with van der Waals surface area (Å²) in [6.07, 6.45) is -11.2. The Hall–Kier alpha value is -4.13. The van der Waals surface area contributed by atoms with Crippen LogP contribution in [0.3, 0.4) is 0 Å². The van der Waals surface area contributed by atoms with Crippen molar-refractivity contribution in [2.45, 2.75) is 32.2 Å². The van der Waals surface area contributed by atoms with Gasteiger partial charge in [-0.05, 0) is 49.2 Å². The lowest BCUT2D eigenvalue weighted by atomic mass is 10.0. The second kappa shape index (κ2) is 9.07. The zero-order chi connectivity index (χ0) is 29.8. The normalized spacial score (nSPS) is 14.6. The number of anilines is 2. The van der Waals surface area contributed by atoms with Crippen molar-refractivity contribution < 1.29 is 40.4 Å². The molecule has 194 valence electrons. The zero-order valence-electron chi connectivity index (χ0n) is 21.7. The second-order valence-electron chi connectivity index (χ2n) is 8.04. The summed E-state index contributed by atoms with van der Waals surface area (Å²) in [5, 5.41) is 12.7. The number of aromatic nitrogens is 3. The molecule has 0 bridgehead atoms. The molecule has 2 aromatic carbocycles. The number of aliphatic hydroxyl groups is 1. The molecule has 7 nitrogen and oxygen atoms in total. The molecular formula is C24H19F6N5O2. The average molecular weight is 526 g/mol. The number of carbonyl (C=O) groups excluding carboxylic acids is 1. The number of imidazole rings is 1. The lowest BCUT2D eigenvalue weighted by molar-refractivity contribution is -0.142. The van der Waals surface area contributed by atoms with Crippen molar-refractivity contribution in [1.82, 2.24) is 14.4 Å². The minimum atomic E-state index is -4.99. The van der Waals surface area contributed by atoms with Crippen molar-refractivity contribution in [3.8, 4) is 11.3 Å². The molecule has 0 saturated heterocycles. The highest BCUT2D eigenvalue weighted by atomic mass is 19.4. The number of fused-ring (bicyclic) bond motifs is 1. The van der Waals surface area contributed by atoms with E-state index in [4.69, 9.17) is 9.85 Å². The summed E-state index contributed by atoms with van der Waals surface area (Å²) in [5.74, 6) is -2.35. The van der Waals surface area contributed by atoms with Crippen LogP contribution in [0.15, 0.2) is 48.7 Å². The fourth-order valence-electron chi connectivity index (χ4n) is 3.78. The van der Waals surface area contributed by atoms with Gasteiger partial charge in [0.2, 0.25) is 0 Å². The number of nitrogens with two attached hydrogens (primary N) is 1. The van der Waals surface area contributed by atoms with Crippen molar-refractivity contribution >= 4 is 22.9 Å². The third kappa shape index (κ3) is 4.94. The third-order valence-corrected chi connectivity index (χ3v) is 5.50. The highest BCUT2D eigenvalue weighted by molar-refractivity contribution is 5.95. The highest BCUT2D eigenvalue weighted by Gasteiger charge is 2.36. The number of benzene rings is 2. The Balaban J connectivity index is 1.72. The Morgan fingerprint density at radius 1 is 1.14 bits per heavy atom. The highest BCUT2D eigenvalue weighted by Crippen LogP contribution is 2.37. The molecule has 0 saturated carbocycles. The lowest BCUT2D eigenvalue weighted by Crippen LogP contribution is -2.21. The zero-order valence-corrected chi connectivity index (χ0v) is 18.7. The summed E-state index contributed by atoms with van der Waals surface area (Å²) in [4.78, 5) is 20.1. The van der Waals surface area contributed by atoms with Crippen LogP contribution in [0.4, 0.5) is 37.8 Å². The van der Waals surface area contributed by atoms with Gasteiger partial charge in [0.05, 0.1) is 11.8 Å². The van der Waals surface area contributed by atoms with Crippen molar-refractivity contribution in [3.63, 3.8) is 0 Å². The van der Waals surface area contributed by atoms with E-state index in [1.54, 1.807) is 0 Å². The number of carbonyl (C=O) groups is 1. The summed E-state index contributed by atoms with van der Waals surface area (Å²) in [6.45, 7) is -1.57. The number of hydrogen-bond acceptors (Lipinski definition) is 5. The van der Waals surface area contributed by atoms with Gasteiger partial charge in [-0.25, -0.2) is 9.97 Å². The molecule has 13 heteroatoms. The van der Waals surface area contributed by atoms with E-state index in [9.17, 15) is 36.2 Å². The molecule has 1 amide bonds. The minimum absolute atomic E-state index is 0.0823. The number of hydrogen-bond donors (Lipinski definition) is 3. The van der Waals surface area contributed by atoms with Crippen LogP contribution in [0.2, 0.25) is 0 Å². The van der Waals surface area contributed by atoms with Gasteiger partial charge in [0.15, 0.2) is 6.10 Å². The van der Waals surface area contributed by atoms with E-state index in [0.717, 1.165) is 18.2 Å². The number of halogens is 6. The van der Waals surface area contributed by atoms with Gasteiger partial charge < -0.3 is 16.2 Å². The van der Waals surface area contributed by atoms with E-state index in [-0.39, 0.29) is 28.0 Å². The number of nitrogens with zero attached hydrogens (tertiary/aromatic N) is 3. The minimum Gasteiger partial charge on any atom is -0.382 e. The number of aliphatic hydroxyl groups excluding tert-OH is 1. The molecule has 4 rings (SSSR count). The summed E-state index contributed by atoms with van der Waals surface area (Å²) >= 11 is 0. The predicted octanol–water partition coefficient (Wildman–Crippen LogP) is 5.31. The number of nitrogen functional groups attached to an aromatic ring is 1. The molecule has 37 heavy (non-hydrogen) atoms. The molecule has 0 fully saturated rings. The third-order valence-electron chi connectivity index (χ3n) is 5.50. The van der Waals surface area contributed by atoms with Gasteiger partial charge in [-0.3, -0.25) is 9.20 Å². The van der Waals surface area contributed by atoms with Crippen LogP contribution in [-0.2, 0) is 17.1 Å². The van der Waals surface area contributed by atoms with Crippen molar-refractivity contribution in [2.24, 2.45) is 0 Å². The van der Waals surface area contributed by atoms with E-state index < -0.39 is 54.1 Å². The molecule has 0 aliphatic carbocycles. The number of rotatable bonds is 4. The van der Waals surface area contributed by atoms with Gasteiger partial charge in [0.25, 0.3) is 5.91 Å². The van der Waals surface area contributed by atoms with Crippen LogP contribution >= 0.6 is 0 Å². The van der Waals surface area contributed by atoms with Gasteiger partial charge in [-0.1, -0.05) is 18.2 Å². The van der Waals surface area contributed by atoms with Crippen molar-refractivity contribution in [2.75, 3.05) is 11.1 Å².